The van der Waals surface area contributed by atoms with E-state index in [-0.39, 0.29) is 46.6 Å². The fourth-order valence-corrected chi connectivity index (χ4v) is 5.10. The van der Waals surface area contributed by atoms with Crippen molar-refractivity contribution < 1.29 is 40.4 Å². The SMILES string of the molecule is NC(=O)c1c(Nc2cc(C3CCOCC3)on2)n[nH]c1-c1ccc(NS(=O)(=O)C(F)F)c(OCCc2ccc(F)cc2)c1. The Hall–Kier alpha value is -4.57. The van der Waals surface area contributed by atoms with Gasteiger partial charge < -0.3 is 25.0 Å². The number of carbonyl (C=O) groups is 1. The van der Waals surface area contributed by atoms with Gasteiger partial charge in [0.15, 0.2) is 11.6 Å². The van der Waals surface area contributed by atoms with Crippen LogP contribution in [0.1, 0.15) is 40.4 Å². The highest BCUT2D eigenvalue weighted by Gasteiger charge is 2.27. The summed E-state index contributed by atoms with van der Waals surface area (Å²) in [5.74, 6) is -3.91. The molecular weight excluding hydrogens is 593 g/mol. The number of hydrogen-bond donors (Lipinski definition) is 4. The highest BCUT2D eigenvalue weighted by atomic mass is 32.2. The van der Waals surface area contributed by atoms with E-state index in [0.29, 0.717) is 31.2 Å². The number of anilines is 3. The first-order chi connectivity index (χ1) is 20.6. The van der Waals surface area contributed by atoms with E-state index in [4.69, 9.17) is 19.7 Å². The number of carbonyl (C=O) groups excluding carboxylic acids is 1. The predicted molar refractivity (Wildman–Crippen MR) is 149 cm³/mol. The van der Waals surface area contributed by atoms with Crippen LogP contribution in [0.4, 0.5) is 30.5 Å². The molecule has 43 heavy (non-hydrogen) atoms. The molecule has 2 aromatic heterocycles. The number of nitrogens with zero attached hydrogens (tertiary/aromatic N) is 2. The molecule has 228 valence electrons. The molecule has 0 bridgehead atoms. The third kappa shape index (κ3) is 7.09. The zero-order valence-electron chi connectivity index (χ0n) is 22.5. The highest BCUT2D eigenvalue weighted by molar-refractivity contribution is 7.93. The van der Waals surface area contributed by atoms with Crippen LogP contribution in [0.3, 0.4) is 0 Å². The molecule has 5 N–H and O–H groups in total. The minimum absolute atomic E-state index is 0.0153. The van der Waals surface area contributed by atoms with E-state index in [9.17, 15) is 26.4 Å². The van der Waals surface area contributed by atoms with Gasteiger partial charge in [-0.3, -0.25) is 14.6 Å². The summed E-state index contributed by atoms with van der Waals surface area (Å²) >= 11 is 0. The first-order valence-corrected chi connectivity index (χ1v) is 14.7. The number of primary amides is 1. The molecule has 12 nitrogen and oxygen atoms in total. The normalized spacial score (nSPS) is 14.1. The summed E-state index contributed by atoms with van der Waals surface area (Å²) in [6.07, 6.45) is 1.86. The van der Waals surface area contributed by atoms with Crippen LogP contribution in [0.2, 0.25) is 0 Å². The van der Waals surface area contributed by atoms with E-state index in [1.807, 2.05) is 4.72 Å². The zero-order chi connectivity index (χ0) is 30.6. The van der Waals surface area contributed by atoms with Crippen molar-refractivity contribution in [3.63, 3.8) is 0 Å². The third-order valence-electron chi connectivity index (χ3n) is 6.73. The summed E-state index contributed by atoms with van der Waals surface area (Å²) < 4.78 is 81.6. The number of hydrogen-bond acceptors (Lipinski definition) is 9. The Kier molecular flexibility index (Phi) is 8.86. The van der Waals surface area contributed by atoms with Crippen LogP contribution in [0.15, 0.2) is 53.1 Å². The molecule has 0 radical (unpaired) electrons. The van der Waals surface area contributed by atoms with Crippen LogP contribution in [-0.4, -0.2) is 55.3 Å². The molecule has 1 aliphatic heterocycles. The lowest BCUT2D eigenvalue weighted by molar-refractivity contribution is 0.0791. The number of nitrogens with one attached hydrogen (secondary N) is 3. The predicted octanol–water partition coefficient (Wildman–Crippen LogP) is 4.53. The van der Waals surface area contributed by atoms with E-state index >= 15 is 0 Å². The number of benzene rings is 2. The van der Waals surface area contributed by atoms with Crippen molar-refractivity contribution in [3.8, 4) is 17.0 Å². The standard InChI is InChI=1S/C27H27F3N6O6S/c28-18-4-1-15(2-5-18)7-12-41-21-13-17(3-6-19(21)36-43(38,39)27(29)30)24-23(25(31)37)26(34-33-24)32-22-14-20(42-35-22)16-8-10-40-11-9-16/h1-6,13-14,16,27,36H,7-12H2,(H2,31,37)(H2,32,33,34,35). The van der Waals surface area contributed by atoms with E-state index in [0.717, 1.165) is 18.4 Å². The average molecular weight is 621 g/mol. The molecule has 4 aromatic rings. The van der Waals surface area contributed by atoms with Gasteiger partial charge in [-0.05, 0) is 42.7 Å². The molecule has 0 atom stereocenters. The van der Waals surface area contributed by atoms with Gasteiger partial charge in [-0.15, -0.1) is 0 Å². The largest absolute Gasteiger partial charge is 0.491 e. The summed E-state index contributed by atoms with van der Waals surface area (Å²) in [4.78, 5) is 12.5. The topological polar surface area (TPSA) is 174 Å². The number of ether oxygens (including phenoxy) is 2. The smallest absolute Gasteiger partial charge is 0.355 e. The Morgan fingerprint density at radius 3 is 2.58 bits per heavy atom. The van der Waals surface area contributed by atoms with Gasteiger partial charge in [-0.2, -0.15) is 13.9 Å². The highest BCUT2D eigenvalue weighted by Crippen LogP contribution is 2.36. The van der Waals surface area contributed by atoms with Crippen LogP contribution in [0, 0.1) is 5.82 Å². The fraction of sp³-hybridized carbons (Fsp3) is 0.296. The Morgan fingerprint density at radius 2 is 1.88 bits per heavy atom. The maximum absolute atomic E-state index is 13.2. The van der Waals surface area contributed by atoms with Gasteiger partial charge in [-0.1, -0.05) is 23.4 Å². The number of aromatic amines is 1. The van der Waals surface area contributed by atoms with Crippen LogP contribution in [-0.2, 0) is 21.2 Å². The van der Waals surface area contributed by atoms with Crippen molar-refractivity contribution in [3.05, 3.63) is 71.2 Å². The zero-order valence-corrected chi connectivity index (χ0v) is 23.3. The van der Waals surface area contributed by atoms with Gasteiger partial charge in [0.25, 0.3) is 15.9 Å². The number of amides is 1. The second-order valence-electron chi connectivity index (χ2n) is 9.66. The Bertz CT molecular complexity index is 1690. The molecule has 1 saturated heterocycles. The third-order valence-corrected chi connectivity index (χ3v) is 7.70. The summed E-state index contributed by atoms with van der Waals surface area (Å²) in [6, 6.07) is 11.3. The van der Waals surface area contributed by atoms with Crippen molar-refractivity contribution in [2.45, 2.75) is 30.9 Å². The second-order valence-corrected chi connectivity index (χ2v) is 11.3. The maximum Gasteiger partial charge on any atom is 0.355 e. The van der Waals surface area contributed by atoms with Crippen molar-refractivity contribution in [2.75, 3.05) is 29.9 Å². The number of halogens is 3. The maximum atomic E-state index is 13.2. The van der Waals surface area contributed by atoms with Crippen LogP contribution in [0.25, 0.3) is 11.3 Å². The lowest BCUT2D eigenvalue weighted by atomic mass is 9.98. The molecule has 0 spiro atoms. The minimum atomic E-state index is -5.02. The lowest BCUT2D eigenvalue weighted by Gasteiger charge is -2.18. The summed E-state index contributed by atoms with van der Waals surface area (Å²) in [5, 5.41) is 13.8. The van der Waals surface area contributed by atoms with Gasteiger partial charge in [0.1, 0.15) is 22.9 Å². The molecular formula is C27H27F3N6O6S. The Labute approximate surface area is 243 Å². The molecule has 3 heterocycles. The van der Waals surface area contributed by atoms with Crippen molar-refractivity contribution >= 4 is 33.3 Å². The number of aromatic nitrogens is 3. The van der Waals surface area contributed by atoms with Crippen LogP contribution < -0.4 is 20.5 Å². The first-order valence-electron chi connectivity index (χ1n) is 13.1. The molecule has 1 fully saturated rings. The quantitative estimate of drug-likeness (QED) is 0.177. The van der Waals surface area contributed by atoms with Gasteiger partial charge in [-0.25, -0.2) is 12.8 Å². The van der Waals surface area contributed by atoms with E-state index < -0.39 is 27.5 Å². The molecule has 16 heteroatoms. The Morgan fingerprint density at radius 1 is 1.14 bits per heavy atom. The molecule has 1 aliphatic rings. The van der Waals surface area contributed by atoms with E-state index in [1.165, 1.54) is 30.3 Å². The van der Waals surface area contributed by atoms with Crippen LogP contribution >= 0.6 is 0 Å². The molecule has 0 unspecified atom stereocenters. The molecule has 0 saturated carbocycles. The first kappa shape index (κ1) is 29.9. The summed E-state index contributed by atoms with van der Waals surface area (Å²) in [6.45, 7) is 1.21. The Balaban J connectivity index is 1.42. The second kappa shape index (κ2) is 12.7. The number of nitrogens with two attached hydrogens (primary N) is 1. The number of H-pyrrole nitrogens is 1. The monoisotopic (exact) mass is 620 g/mol. The average Bonchev–Trinajstić information content (AvgIpc) is 3.63. The summed E-state index contributed by atoms with van der Waals surface area (Å²) in [5.41, 5.74) is 6.53. The molecule has 2 aromatic carbocycles. The number of sulfonamides is 1. The fourth-order valence-electron chi connectivity index (χ4n) is 4.53. The van der Waals surface area contributed by atoms with Crippen molar-refractivity contribution in [1.29, 1.82) is 0 Å². The van der Waals surface area contributed by atoms with E-state index in [1.54, 1.807) is 18.2 Å². The van der Waals surface area contributed by atoms with Crippen molar-refractivity contribution in [2.24, 2.45) is 5.73 Å². The van der Waals surface area contributed by atoms with Gasteiger partial charge in [0.2, 0.25) is 0 Å². The van der Waals surface area contributed by atoms with Crippen molar-refractivity contribution in [1.82, 2.24) is 15.4 Å². The van der Waals surface area contributed by atoms with Gasteiger partial charge >= 0.3 is 5.76 Å². The van der Waals surface area contributed by atoms with Gasteiger partial charge in [0, 0.05) is 37.2 Å². The molecule has 5 rings (SSSR count). The number of rotatable bonds is 12. The molecule has 0 aliphatic carbocycles. The summed E-state index contributed by atoms with van der Waals surface area (Å²) in [7, 11) is -5.02. The minimum Gasteiger partial charge on any atom is -0.491 e. The lowest BCUT2D eigenvalue weighted by Crippen LogP contribution is -2.21. The van der Waals surface area contributed by atoms with E-state index in [2.05, 4.69) is 20.7 Å². The number of alkyl halides is 2. The van der Waals surface area contributed by atoms with Crippen LogP contribution in [0.5, 0.6) is 5.75 Å². The molecule has 1 amide bonds. The van der Waals surface area contributed by atoms with Gasteiger partial charge in [0.05, 0.1) is 18.0 Å².